The molecule has 0 spiro atoms. The summed E-state index contributed by atoms with van der Waals surface area (Å²) in [4.78, 5) is 9.46. The van der Waals surface area contributed by atoms with E-state index < -0.39 is 36.3 Å². The van der Waals surface area contributed by atoms with Gasteiger partial charge in [-0.25, -0.2) is 9.78 Å². The van der Waals surface area contributed by atoms with E-state index in [0.717, 1.165) is 0 Å². The third-order valence-corrected chi connectivity index (χ3v) is 5.99. The molecule has 0 fully saturated rings. The molecule has 11 heteroatoms. The van der Waals surface area contributed by atoms with Crippen LogP contribution in [0.3, 0.4) is 0 Å². The predicted octanol–water partition coefficient (Wildman–Crippen LogP) is 5.03. The molecule has 0 aromatic heterocycles. The van der Waals surface area contributed by atoms with Crippen LogP contribution in [0.4, 0.5) is 0 Å². The Morgan fingerprint density at radius 1 is 1.00 bits per heavy atom. The molecule has 0 unspecified atom stereocenters. The zero-order valence-electron chi connectivity index (χ0n) is 16.2. The smallest absolute Gasteiger partial charge is 0.253 e. The third kappa shape index (κ3) is 7.79. The van der Waals surface area contributed by atoms with Crippen LogP contribution in [0.2, 0.25) is 5.02 Å². The first-order valence-corrected chi connectivity index (χ1v) is 11.9. The number of hydrogen-bond donors (Lipinski definition) is 0. The molecule has 0 saturated heterocycles. The summed E-state index contributed by atoms with van der Waals surface area (Å²) in [7, 11) is -8.54. The van der Waals surface area contributed by atoms with E-state index in [2.05, 4.69) is 0 Å². The zero-order chi connectivity index (χ0) is 20.8. The molecule has 8 nitrogen and oxygen atoms in total. The summed E-state index contributed by atoms with van der Waals surface area (Å²) in [6.07, 6.45) is -1.85. The van der Waals surface area contributed by atoms with Gasteiger partial charge in [-0.05, 0) is 45.2 Å². The van der Waals surface area contributed by atoms with Gasteiger partial charge in [-0.15, -0.1) is 9.35 Å². The van der Waals surface area contributed by atoms with Crippen LogP contribution in [0.1, 0.15) is 53.0 Å². The van der Waals surface area contributed by atoms with Gasteiger partial charge in [0.25, 0.3) is 10.1 Å². The molecular formula is C16H26ClO8PS. The monoisotopic (exact) mass is 444 g/mol. The molecule has 0 amide bonds. The first-order chi connectivity index (χ1) is 12.4. The minimum atomic E-state index is -4.35. The summed E-state index contributed by atoms with van der Waals surface area (Å²) < 4.78 is 52.5. The number of hydrogen-bond acceptors (Lipinski definition) is 8. The highest BCUT2D eigenvalue weighted by molar-refractivity contribution is 7.87. The lowest BCUT2D eigenvalue weighted by atomic mass is 10.0. The topological polar surface area (TPSA) is 97.4 Å². The molecular weight excluding hydrogens is 419 g/mol. The Morgan fingerprint density at radius 3 is 1.96 bits per heavy atom. The van der Waals surface area contributed by atoms with E-state index >= 15 is 0 Å². The van der Waals surface area contributed by atoms with Gasteiger partial charge in [-0.3, -0.25) is 8.75 Å². The van der Waals surface area contributed by atoms with E-state index in [1.165, 1.54) is 6.07 Å². The molecule has 0 atom stereocenters. The first kappa shape index (κ1) is 24.5. The Kier molecular flexibility index (Phi) is 9.37. The van der Waals surface area contributed by atoms with Crippen LogP contribution in [0.5, 0.6) is 0 Å². The fourth-order valence-corrected chi connectivity index (χ4v) is 5.07. The minimum Gasteiger partial charge on any atom is -0.253 e. The van der Waals surface area contributed by atoms with Crippen molar-refractivity contribution >= 4 is 29.3 Å². The van der Waals surface area contributed by atoms with Crippen molar-refractivity contribution in [3.8, 4) is 0 Å². The van der Waals surface area contributed by atoms with Crippen LogP contribution in [-0.4, -0.2) is 27.0 Å². The molecule has 156 valence electrons. The van der Waals surface area contributed by atoms with Gasteiger partial charge in [0.2, 0.25) is 0 Å². The Morgan fingerprint density at radius 2 is 1.52 bits per heavy atom. The standard InChI is InChI=1S/C16H26ClO8PS/c1-11(2)14-8-7-9-15(17)16(14)27(19,20)21-10-26(18,24-22-12(3)4)25-23-13(5)6/h7-9,11-13H,10H2,1-6H3. The average molecular weight is 445 g/mol. The van der Waals surface area contributed by atoms with Crippen LogP contribution >= 0.6 is 19.2 Å². The number of benzene rings is 1. The van der Waals surface area contributed by atoms with Crippen molar-refractivity contribution in [2.24, 2.45) is 0 Å². The van der Waals surface area contributed by atoms with Gasteiger partial charge in [0.15, 0.2) is 6.35 Å². The third-order valence-electron chi connectivity index (χ3n) is 2.93. The molecule has 1 aromatic carbocycles. The Bertz CT molecular complexity index is 748. The van der Waals surface area contributed by atoms with Crippen LogP contribution in [0, 0.1) is 0 Å². The predicted molar refractivity (Wildman–Crippen MR) is 101 cm³/mol. The molecule has 1 rings (SSSR count). The molecule has 0 N–H and O–H groups in total. The average Bonchev–Trinajstić information content (AvgIpc) is 2.56. The van der Waals surface area contributed by atoms with E-state index in [1.54, 1.807) is 39.8 Å². The first-order valence-electron chi connectivity index (χ1n) is 8.35. The fraction of sp³-hybridized carbons (Fsp3) is 0.625. The van der Waals surface area contributed by atoms with Crippen molar-refractivity contribution in [3.05, 3.63) is 28.8 Å². The van der Waals surface area contributed by atoms with E-state index in [9.17, 15) is 13.0 Å². The lowest BCUT2D eigenvalue weighted by Crippen LogP contribution is -2.15. The number of rotatable bonds is 11. The minimum absolute atomic E-state index is 0.00488. The van der Waals surface area contributed by atoms with Gasteiger partial charge in [0, 0.05) is 0 Å². The van der Waals surface area contributed by atoms with Crippen LogP contribution in [0.25, 0.3) is 0 Å². The Labute approximate surface area is 165 Å². The molecule has 0 aliphatic carbocycles. The van der Waals surface area contributed by atoms with Crippen LogP contribution in [-0.2, 0) is 38.0 Å². The maximum Gasteiger partial charge on any atom is 0.411 e. The van der Waals surface area contributed by atoms with Crippen molar-refractivity contribution in [2.45, 2.75) is 64.6 Å². The summed E-state index contributed by atoms with van der Waals surface area (Å²) in [6.45, 7) is 10.1. The molecule has 0 saturated carbocycles. The van der Waals surface area contributed by atoms with Crippen molar-refractivity contribution < 1.29 is 36.3 Å². The normalized spacial score (nSPS) is 13.1. The highest BCUT2D eigenvalue weighted by Gasteiger charge is 2.34. The number of halogens is 1. The zero-order valence-corrected chi connectivity index (χ0v) is 18.6. The van der Waals surface area contributed by atoms with Gasteiger partial charge in [-0.1, -0.05) is 37.6 Å². The van der Waals surface area contributed by atoms with E-state index in [4.69, 9.17) is 34.9 Å². The Hall–Kier alpha value is -0.510. The molecule has 0 aliphatic rings. The van der Waals surface area contributed by atoms with Crippen molar-refractivity contribution in [1.29, 1.82) is 0 Å². The maximum absolute atomic E-state index is 12.7. The molecule has 0 radical (unpaired) electrons. The van der Waals surface area contributed by atoms with Gasteiger partial charge in [-0.2, -0.15) is 8.42 Å². The van der Waals surface area contributed by atoms with Gasteiger partial charge in [0.1, 0.15) is 4.90 Å². The largest absolute Gasteiger partial charge is 0.411 e. The lowest BCUT2D eigenvalue weighted by Gasteiger charge is -2.19. The van der Waals surface area contributed by atoms with E-state index in [0.29, 0.717) is 5.56 Å². The fourth-order valence-electron chi connectivity index (χ4n) is 1.80. The molecule has 0 heterocycles. The van der Waals surface area contributed by atoms with Gasteiger partial charge in [0.05, 0.1) is 17.2 Å². The summed E-state index contributed by atoms with van der Waals surface area (Å²) in [5.74, 6) is -0.134. The maximum atomic E-state index is 12.7. The quantitative estimate of drug-likeness (QED) is 0.203. The SMILES string of the molecule is CC(C)OOP(=O)(COS(=O)(=O)c1c(Cl)cccc1C(C)C)OOC(C)C. The second-order valence-corrected chi connectivity index (χ2v) is 10.3. The van der Waals surface area contributed by atoms with Crippen molar-refractivity contribution in [3.63, 3.8) is 0 Å². The highest BCUT2D eigenvalue weighted by Crippen LogP contribution is 2.50. The summed E-state index contributed by atoms with van der Waals surface area (Å²) in [5.41, 5.74) is 0.469. The van der Waals surface area contributed by atoms with E-state index in [-0.39, 0.29) is 15.8 Å². The van der Waals surface area contributed by atoms with E-state index in [1.807, 2.05) is 13.8 Å². The van der Waals surface area contributed by atoms with Crippen molar-refractivity contribution in [2.75, 3.05) is 6.35 Å². The Balaban J connectivity index is 3.07. The molecule has 0 bridgehead atoms. The summed E-state index contributed by atoms with van der Waals surface area (Å²) in [5, 5.41) is -0.00488. The summed E-state index contributed by atoms with van der Waals surface area (Å²) >= 11 is 6.07. The highest BCUT2D eigenvalue weighted by atomic mass is 35.5. The van der Waals surface area contributed by atoms with Crippen LogP contribution < -0.4 is 0 Å². The summed E-state index contributed by atoms with van der Waals surface area (Å²) in [6, 6.07) is 4.70. The van der Waals surface area contributed by atoms with Crippen molar-refractivity contribution in [1.82, 2.24) is 0 Å². The van der Waals surface area contributed by atoms with Gasteiger partial charge < -0.3 is 0 Å². The van der Waals surface area contributed by atoms with Crippen LogP contribution in [0.15, 0.2) is 23.1 Å². The second-order valence-electron chi connectivity index (χ2n) is 6.56. The second kappa shape index (κ2) is 10.3. The molecule has 0 aliphatic heterocycles. The van der Waals surface area contributed by atoms with Gasteiger partial charge >= 0.3 is 7.60 Å². The lowest BCUT2D eigenvalue weighted by molar-refractivity contribution is -0.292. The molecule has 27 heavy (non-hydrogen) atoms. The molecule has 1 aromatic rings.